The maximum atomic E-state index is 6.08. The third-order valence-electron chi connectivity index (χ3n) is 4.22. The van der Waals surface area contributed by atoms with E-state index in [1.54, 1.807) is 7.11 Å². The average molecular weight is 242 g/mol. The van der Waals surface area contributed by atoms with Crippen LogP contribution >= 0.6 is 0 Å². The highest BCUT2D eigenvalue weighted by Gasteiger charge is 2.31. The highest BCUT2D eigenvalue weighted by molar-refractivity contribution is 4.85. The van der Waals surface area contributed by atoms with E-state index in [1.807, 2.05) is 0 Å². The molecule has 0 amide bonds. The van der Waals surface area contributed by atoms with Gasteiger partial charge in [0.25, 0.3) is 0 Å². The normalized spacial score (nSPS) is 20.5. The Balaban J connectivity index is 2.51. The fourth-order valence-corrected chi connectivity index (χ4v) is 2.95. The van der Waals surface area contributed by atoms with Crippen molar-refractivity contribution in [3.8, 4) is 0 Å². The van der Waals surface area contributed by atoms with Crippen molar-refractivity contribution in [2.24, 2.45) is 11.1 Å². The van der Waals surface area contributed by atoms with Crippen LogP contribution in [0.1, 0.15) is 45.4 Å². The van der Waals surface area contributed by atoms with Crippen molar-refractivity contribution in [1.29, 1.82) is 0 Å². The highest BCUT2D eigenvalue weighted by Crippen LogP contribution is 2.34. The minimum atomic E-state index is 0.375. The molecule has 0 unspecified atom stereocenters. The zero-order chi connectivity index (χ0) is 12.6. The minimum absolute atomic E-state index is 0.375. The molecule has 0 heterocycles. The second-order valence-electron chi connectivity index (χ2n) is 5.48. The number of hydrogen-bond donors (Lipinski definition) is 1. The summed E-state index contributed by atoms with van der Waals surface area (Å²) in [6.07, 6.45) is 8.13. The zero-order valence-electron chi connectivity index (χ0n) is 11.7. The van der Waals surface area contributed by atoms with Crippen LogP contribution in [0.5, 0.6) is 0 Å². The van der Waals surface area contributed by atoms with E-state index in [1.165, 1.54) is 38.5 Å². The second-order valence-corrected chi connectivity index (χ2v) is 5.48. The first kappa shape index (κ1) is 14.9. The van der Waals surface area contributed by atoms with E-state index in [4.69, 9.17) is 10.5 Å². The van der Waals surface area contributed by atoms with Gasteiger partial charge in [-0.2, -0.15) is 0 Å². The van der Waals surface area contributed by atoms with Crippen molar-refractivity contribution in [1.82, 2.24) is 4.90 Å². The summed E-state index contributed by atoms with van der Waals surface area (Å²) in [6, 6.07) is 0. The molecule has 0 spiro atoms. The van der Waals surface area contributed by atoms with Gasteiger partial charge in [-0.15, -0.1) is 0 Å². The second kappa shape index (κ2) is 8.06. The Labute approximate surface area is 107 Å². The number of nitrogens with two attached hydrogens (primary N) is 1. The van der Waals surface area contributed by atoms with Gasteiger partial charge in [0, 0.05) is 20.2 Å². The largest absolute Gasteiger partial charge is 0.383 e. The van der Waals surface area contributed by atoms with Gasteiger partial charge in [-0.3, -0.25) is 0 Å². The first-order chi connectivity index (χ1) is 8.26. The van der Waals surface area contributed by atoms with Crippen LogP contribution in [0.25, 0.3) is 0 Å². The van der Waals surface area contributed by atoms with Crippen molar-refractivity contribution >= 4 is 0 Å². The van der Waals surface area contributed by atoms with Gasteiger partial charge >= 0.3 is 0 Å². The summed E-state index contributed by atoms with van der Waals surface area (Å²) in [4.78, 5) is 2.50. The van der Waals surface area contributed by atoms with Crippen molar-refractivity contribution < 1.29 is 4.74 Å². The summed E-state index contributed by atoms with van der Waals surface area (Å²) >= 11 is 0. The average Bonchev–Trinajstić information content (AvgIpc) is 2.60. The van der Waals surface area contributed by atoms with Gasteiger partial charge in [0.2, 0.25) is 0 Å². The Morgan fingerprint density at radius 2 is 1.82 bits per heavy atom. The molecule has 1 aliphatic carbocycles. The van der Waals surface area contributed by atoms with Crippen LogP contribution in [-0.2, 0) is 4.74 Å². The molecule has 2 N–H and O–H groups in total. The van der Waals surface area contributed by atoms with Gasteiger partial charge in [-0.1, -0.05) is 32.6 Å². The van der Waals surface area contributed by atoms with E-state index < -0.39 is 0 Å². The van der Waals surface area contributed by atoms with Crippen LogP contribution in [0.15, 0.2) is 0 Å². The fraction of sp³-hybridized carbons (Fsp3) is 1.00. The lowest BCUT2D eigenvalue weighted by atomic mass is 9.80. The number of ether oxygens (including phenoxy) is 1. The highest BCUT2D eigenvalue weighted by atomic mass is 16.5. The first-order valence-electron chi connectivity index (χ1n) is 7.18. The third-order valence-corrected chi connectivity index (χ3v) is 4.22. The standard InChI is InChI=1S/C14H30N2O/c1-3-16(10-11-17-2)13-14(12-15)8-6-4-5-7-9-14/h3-13,15H2,1-2H3. The molecule has 0 aromatic rings. The molecule has 17 heavy (non-hydrogen) atoms. The lowest BCUT2D eigenvalue weighted by molar-refractivity contribution is 0.102. The molecule has 0 aromatic carbocycles. The predicted molar refractivity (Wildman–Crippen MR) is 73.2 cm³/mol. The number of rotatable bonds is 7. The molecule has 0 aromatic heterocycles. The topological polar surface area (TPSA) is 38.5 Å². The Bertz CT molecular complexity index is 189. The number of likely N-dealkylation sites (N-methyl/N-ethyl adjacent to an activating group) is 1. The molecule has 1 fully saturated rings. The Morgan fingerprint density at radius 1 is 1.18 bits per heavy atom. The SMILES string of the molecule is CCN(CCOC)CC1(CN)CCCCCC1. The molecule has 0 saturated heterocycles. The Morgan fingerprint density at radius 3 is 2.29 bits per heavy atom. The molecule has 1 aliphatic rings. The number of nitrogens with zero attached hydrogens (tertiary/aromatic N) is 1. The zero-order valence-corrected chi connectivity index (χ0v) is 11.7. The molecule has 3 nitrogen and oxygen atoms in total. The Kier molecular flexibility index (Phi) is 7.09. The maximum Gasteiger partial charge on any atom is 0.0589 e. The van der Waals surface area contributed by atoms with Crippen LogP contribution < -0.4 is 5.73 Å². The number of methoxy groups -OCH3 is 1. The van der Waals surface area contributed by atoms with Crippen LogP contribution in [0.3, 0.4) is 0 Å². The summed E-state index contributed by atoms with van der Waals surface area (Å²) in [6.45, 7) is 7.20. The summed E-state index contributed by atoms with van der Waals surface area (Å²) in [5.74, 6) is 0. The molecule has 0 bridgehead atoms. The predicted octanol–water partition coefficient (Wildman–Crippen LogP) is 2.25. The van der Waals surface area contributed by atoms with Crippen molar-refractivity contribution in [2.45, 2.75) is 45.4 Å². The summed E-state index contributed by atoms with van der Waals surface area (Å²) in [5.41, 5.74) is 6.46. The van der Waals surface area contributed by atoms with Gasteiger partial charge in [-0.25, -0.2) is 0 Å². The molecule has 3 heteroatoms. The van der Waals surface area contributed by atoms with Gasteiger partial charge in [0.05, 0.1) is 6.61 Å². The molecular formula is C14H30N2O. The maximum absolute atomic E-state index is 6.08. The fourth-order valence-electron chi connectivity index (χ4n) is 2.95. The van der Waals surface area contributed by atoms with Crippen molar-refractivity contribution in [3.05, 3.63) is 0 Å². The summed E-state index contributed by atoms with van der Waals surface area (Å²) in [5, 5.41) is 0. The Hall–Kier alpha value is -0.120. The van der Waals surface area contributed by atoms with Crippen LogP contribution in [0.2, 0.25) is 0 Å². The third kappa shape index (κ3) is 4.94. The molecule has 1 saturated carbocycles. The van der Waals surface area contributed by atoms with Crippen LogP contribution in [0, 0.1) is 5.41 Å². The van der Waals surface area contributed by atoms with E-state index in [-0.39, 0.29) is 0 Å². The van der Waals surface area contributed by atoms with Gasteiger partial charge in [0.15, 0.2) is 0 Å². The van der Waals surface area contributed by atoms with E-state index in [0.717, 1.165) is 32.8 Å². The van der Waals surface area contributed by atoms with Gasteiger partial charge in [-0.05, 0) is 31.3 Å². The van der Waals surface area contributed by atoms with Crippen molar-refractivity contribution in [2.75, 3.05) is 39.9 Å². The molecule has 0 aliphatic heterocycles. The monoisotopic (exact) mass is 242 g/mol. The quantitative estimate of drug-likeness (QED) is 0.696. The molecule has 102 valence electrons. The molecule has 1 rings (SSSR count). The van der Waals surface area contributed by atoms with Crippen LogP contribution in [-0.4, -0.2) is 44.8 Å². The lowest BCUT2D eigenvalue weighted by Gasteiger charge is -2.36. The number of hydrogen-bond acceptors (Lipinski definition) is 3. The van der Waals surface area contributed by atoms with E-state index >= 15 is 0 Å². The summed E-state index contributed by atoms with van der Waals surface area (Å²) in [7, 11) is 1.78. The smallest absolute Gasteiger partial charge is 0.0589 e. The minimum Gasteiger partial charge on any atom is -0.383 e. The first-order valence-corrected chi connectivity index (χ1v) is 7.18. The van der Waals surface area contributed by atoms with E-state index in [2.05, 4.69) is 11.8 Å². The van der Waals surface area contributed by atoms with Gasteiger partial charge in [0.1, 0.15) is 0 Å². The molecule has 0 atom stereocenters. The molecular weight excluding hydrogens is 212 g/mol. The summed E-state index contributed by atoms with van der Waals surface area (Å²) < 4.78 is 5.18. The lowest BCUT2D eigenvalue weighted by Crippen LogP contribution is -2.43. The molecule has 0 radical (unpaired) electrons. The van der Waals surface area contributed by atoms with Crippen LogP contribution in [0.4, 0.5) is 0 Å². The van der Waals surface area contributed by atoms with E-state index in [0.29, 0.717) is 5.41 Å². The van der Waals surface area contributed by atoms with E-state index in [9.17, 15) is 0 Å². The van der Waals surface area contributed by atoms with Gasteiger partial charge < -0.3 is 15.4 Å². The van der Waals surface area contributed by atoms with Crippen molar-refractivity contribution in [3.63, 3.8) is 0 Å².